The predicted molar refractivity (Wildman–Crippen MR) is 84.9 cm³/mol. The molecule has 1 aliphatic rings. The van der Waals surface area contributed by atoms with Crippen LogP contribution in [0.25, 0.3) is 0 Å². The SMILES string of the molecule is CCCCCC(C)(O)C1(CN)CCCc2ccccc21. The first-order chi connectivity index (χ1) is 9.57. The Morgan fingerprint density at radius 2 is 2.05 bits per heavy atom. The molecule has 1 aromatic carbocycles. The Balaban J connectivity index is 2.34. The van der Waals surface area contributed by atoms with Gasteiger partial charge in [-0.1, -0.05) is 50.5 Å². The van der Waals surface area contributed by atoms with E-state index in [2.05, 4.69) is 31.2 Å². The molecule has 2 atom stereocenters. The van der Waals surface area contributed by atoms with Gasteiger partial charge < -0.3 is 10.8 Å². The van der Waals surface area contributed by atoms with E-state index in [9.17, 15) is 5.11 Å². The molecule has 0 spiro atoms. The van der Waals surface area contributed by atoms with Gasteiger partial charge in [0.15, 0.2) is 0 Å². The number of aryl methyl sites for hydroxylation is 1. The standard InChI is InChI=1S/C18H29NO/c1-3-4-7-12-17(2,20)18(14-19)13-8-10-15-9-5-6-11-16(15)18/h5-6,9,11,20H,3-4,7-8,10,12-14,19H2,1-2H3. The molecule has 2 rings (SSSR count). The largest absolute Gasteiger partial charge is 0.389 e. The Labute approximate surface area is 123 Å². The second-order valence-electron chi connectivity index (χ2n) is 6.53. The maximum Gasteiger partial charge on any atom is 0.0728 e. The fourth-order valence-electron chi connectivity index (χ4n) is 3.87. The molecule has 0 heterocycles. The molecule has 1 aliphatic carbocycles. The van der Waals surface area contributed by atoms with Gasteiger partial charge in [0.25, 0.3) is 0 Å². The van der Waals surface area contributed by atoms with Crippen LogP contribution in [0.5, 0.6) is 0 Å². The van der Waals surface area contributed by atoms with Gasteiger partial charge in [0.2, 0.25) is 0 Å². The third-order valence-corrected chi connectivity index (χ3v) is 5.23. The molecule has 2 nitrogen and oxygen atoms in total. The summed E-state index contributed by atoms with van der Waals surface area (Å²) in [5.74, 6) is 0. The van der Waals surface area contributed by atoms with Crippen LogP contribution >= 0.6 is 0 Å². The van der Waals surface area contributed by atoms with Crippen LogP contribution in [0.15, 0.2) is 24.3 Å². The van der Waals surface area contributed by atoms with Crippen LogP contribution in [-0.2, 0) is 11.8 Å². The minimum atomic E-state index is -0.715. The van der Waals surface area contributed by atoms with Crippen molar-refractivity contribution in [3.05, 3.63) is 35.4 Å². The number of benzene rings is 1. The molecule has 0 fully saturated rings. The van der Waals surface area contributed by atoms with Gasteiger partial charge in [-0.25, -0.2) is 0 Å². The average Bonchev–Trinajstić information content (AvgIpc) is 2.46. The summed E-state index contributed by atoms with van der Waals surface area (Å²) in [5.41, 5.74) is 7.86. The van der Waals surface area contributed by atoms with E-state index in [1.54, 1.807) is 0 Å². The Kier molecular flexibility index (Phi) is 4.87. The predicted octanol–water partition coefficient (Wildman–Crippen LogP) is 3.55. The van der Waals surface area contributed by atoms with Crippen LogP contribution in [0.2, 0.25) is 0 Å². The molecular formula is C18H29NO. The first kappa shape index (κ1) is 15.5. The zero-order valence-electron chi connectivity index (χ0n) is 13.0. The van der Waals surface area contributed by atoms with Crippen molar-refractivity contribution in [2.24, 2.45) is 5.73 Å². The molecule has 112 valence electrons. The van der Waals surface area contributed by atoms with Gasteiger partial charge in [0.05, 0.1) is 5.60 Å². The van der Waals surface area contributed by atoms with E-state index >= 15 is 0 Å². The Hall–Kier alpha value is -0.860. The summed E-state index contributed by atoms with van der Waals surface area (Å²) in [5, 5.41) is 11.2. The monoisotopic (exact) mass is 275 g/mol. The lowest BCUT2D eigenvalue weighted by molar-refractivity contribution is -0.0377. The summed E-state index contributed by atoms with van der Waals surface area (Å²) >= 11 is 0. The molecule has 0 saturated heterocycles. The van der Waals surface area contributed by atoms with Crippen molar-refractivity contribution in [3.8, 4) is 0 Å². The van der Waals surface area contributed by atoms with Crippen molar-refractivity contribution < 1.29 is 5.11 Å². The van der Waals surface area contributed by atoms with Crippen molar-refractivity contribution in [1.29, 1.82) is 0 Å². The highest BCUT2D eigenvalue weighted by molar-refractivity contribution is 5.40. The molecule has 1 aromatic rings. The van der Waals surface area contributed by atoms with Crippen LogP contribution in [0, 0.1) is 0 Å². The first-order valence-electron chi connectivity index (χ1n) is 8.08. The maximum absolute atomic E-state index is 11.2. The average molecular weight is 275 g/mol. The number of hydrogen-bond acceptors (Lipinski definition) is 2. The third kappa shape index (κ3) is 2.64. The van der Waals surface area contributed by atoms with Crippen molar-refractivity contribution in [3.63, 3.8) is 0 Å². The zero-order chi connectivity index (χ0) is 14.6. The van der Waals surface area contributed by atoms with Crippen molar-refractivity contribution in [2.75, 3.05) is 6.54 Å². The van der Waals surface area contributed by atoms with Crippen LogP contribution in [0.1, 0.15) is 63.5 Å². The number of fused-ring (bicyclic) bond motifs is 1. The second kappa shape index (κ2) is 6.28. The van der Waals surface area contributed by atoms with E-state index < -0.39 is 5.60 Å². The first-order valence-corrected chi connectivity index (χ1v) is 8.08. The summed E-state index contributed by atoms with van der Waals surface area (Å²) < 4.78 is 0. The zero-order valence-corrected chi connectivity index (χ0v) is 13.0. The van der Waals surface area contributed by atoms with Crippen LogP contribution < -0.4 is 5.73 Å². The molecule has 2 heteroatoms. The fraction of sp³-hybridized carbons (Fsp3) is 0.667. The highest BCUT2D eigenvalue weighted by Gasteiger charge is 2.48. The molecule has 3 N–H and O–H groups in total. The highest BCUT2D eigenvalue weighted by Crippen LogP contribution is 2.46. The number of hydrogen-bond donors (Lipinski definition) is 2. The van der Waals surface area contributed by atoms with Gasteiger partial charge in [-0.3, -0.25) is 0 Å². The number of unbranched alkanes of at least 4 members (excludes halogenated alkanes) is 2. The minimum absolute atomic E-state index is 0.268. The molecule has 0 aliphatic heterocycles. The Morgan fingerprint density at radius 3 is 2.75 bits per heavy atom. The van der Waals surface area contributed by atoms with Crippen LogP contribution in [0.3, 0.4) is 0 Å². The molecule has 0 amide bonds. The van der Waals surface area contributed by atoms with E-state index in [1.165, 1.54) is 24.0 Å². The van der Waals surface area contributed by atoms with E-state index in [-0.39, 0.29) is 5.41 Å². The lowest BCUT2D eigenvalue weighted by Crippen LogP contribution is -2.55. The second-order valence-corrected chi connectivity index (χ2v) is 6.53. The van der Waals surface area contributed by atoms with Crippen molar-refractivity contribution >= 4 is 0 Å². The smallest absolute Gasteiger partial charge is 0.0728 e. The molecule has 20 heavy (non-hydrogen) atoms. The van der Waals surface area contributed by atoms with Gasteiger partial charge in [0, 0.05) is 12.0 Å². The van der Waals surface area contributed by atoms with Gasteiger partial charge in [0.1, 0.15) is 0 Å². The molecule has 0 radical (unpaired) electrons. The van der Waals surface area contributed by atoms with E-state index in [4.69, 9.17) is 5.73 Å². The molecule has 0 bridgehead atoms. The van der Waals surface area contributed by atoms with Gasteiger partial charge in [-0.2, -0.15) is 0 Å². The van der Waals surface area contributed by atoms with Gasteiger partial charge >= 0.3 is 0 Å². The maximum atomic E-state index is 11.2. The molecule has 2 unspecified atom stereocenters. The summed E-state index contributed by atoms with van der Waals surface area (Å²) in [6, 6.07) is 8.55. The van der Waals surface area contributed by atoms with Crippen LogP contribution in [0.4, 0.5) is 0 Å². The summed E-state index contributed by atoms with van der Waals surface area (Å²) in [7, 11) is 0. The number of rotatable bonds is 6. The quantitative estimate of drug-likeness (QED) is 0.780. The van der Waals surface area contributed by atoms with E-state index in [1.807, 2.05) is 6.92 Å². The minimum Gasteiger partial charge on any atom is -0.389 e. The topological polar surface area (TPSA) is 46.2 Å². The fourth-order valence-corrected chi connectivity index (χ4v) is 3.87. The summed E-state index contributed by atoms with van der Waals surface area (Å²) in [6.45, 7) is 4.73. The van der Waals surface area contributed by atoms with Crippen molar-refractivity contribution in [1.82, 2.24) is 0 Å². The summed E-state index contributed by atoms with van der Waals surface area (Å²) in [4.78, 5) is 0. The number of aliphatic hydroxyl groups is 1. The molecule has 0 aromatic heterocycles. The molecule has 0 saturated carbocycles. The lowest BCUT2D eigenvalue weighted by Gasteiger charge is -2.48. The number of nitrogens with two attached hydrogens (primary N) is 1. The van der Waals surface area contributed by atoms with E-state index in [0.717, 1.165) is 32.1 Å². The highest BCUT2D eigenvalue weighted by atomic mass is 16.3. The van der Waals surface area contributed by atoms with Gasteiger partial charge in [-0.05, 0) is 43.7 Å². The normalized spacial score (nSPS) is 25.0. The van der Waals surface area contributed by atoms with Crippen molar-refractivity contribution in [2.45, 2.75) is 69.8 Å². The Bertz CT molecular complexity index is 441. The molecular weight excluding hydrogens is 246 g/mol. The van der Waals surface area contributed by atoms with E-state index in [0.29, 0.717) is 6.54 Å². The van der Waals surface area contributed by atoms with Crippen LogP contribution in [-0.4, -0.2) is 17.3 Å². The lowest BCUT2D eigenvalue weighted by atomic mass is 9.60. The summed E-state index contributed by atoms with van der Waals surface area (Å²) in [6.07, 6.45) is 7.52. The third-order valence-electron chi connectivity index (χ3n) is 5.23. The Morgan fingerprint density at radius 1 is 1.30 bits per heavy atom. The van der Waals surface area contributed by atoms with Gasteiger partial charge in [-0.15, -0.1) is 0 Å².